The normalized spacial score (nSPS) is 24.9. The van der Waals surface area contributed by atoms with E-state index < -0.39 is 23.7 Å². The SMILES string of the molecule is CC(F)(F)OCC1COC(C)(CC=O)C(=O)N1Cc1ccccc1. The van der Waals surface area contributed by atoms with Crippen LogP contribution >= 0.6 is 0 Å². The van der Waals surface area contributed by atoms with Gasteiger partial charge < -0.3 is 19.2 Å². The molecule has 0 bridgehead atoms. The summed E-state index contributed by atoms with van der Waals surface area (Å²) < 4.78 is 36.0. The van der Waals surface area contributed by atoms with E-state index in [4.69, 9.17) is 4.74 Å². The molecule has 0 N–H and O–H groups in total. The minimum absolute atomic E-state index is 0.0268. The molecule has 0 aliphatic carbocycles. The fourth-order valence-electron chi connectivity index (χ4n) is 2.57. The zero-order valence-corrected chi connectivity index (χ0v) is 13.7. The quantitative estimate of drug-likeness (QED) is 0.715. The lowest BCUT2D eigenvalue weighted by molar-refractivity contribution is -0.241. The van der Waals surface area contributed by atoms with Crippen LogP contribution in [0.15, 0.2) is 30.3 Å². The molecule has 1 aromatic carbocycles. The molecule has 0 spiro atoms. The highest BCUT2D eigenvalue weighted by molar-refractivity contribution is 5.88. The smallest absolute Gasteiger partial charge is 0.352 e. The molecule has 2 rings (SSSR count). The number of halogens is 2. The van der Waals surface area contributed by atoms with E-state index >= 15 is 0 Å². The van der Waals surface area contributed by atoms with Gasteiger partial charge in [0.2, 0.25) is 0 Å². The van der Waals surface area contributed by atoms with Crippen molar-refractivity contribution >= 4 is 12.2 Å². The molecule has 1 aromatic rings. The summed E-state index contributed by atoms with van der Waals surface area (Å²) in [6.45, 7) is 2.10. The fourth-order valence-corrected chi connectivity index (χ4v) is 2.57. The third kappa shape index (κ3) is 4.58. The van der Waals surface area contributed by atoms with Gasteiger partial charge in [-0.2, -0.15) is 8.78 Å². The van der Waals surface area contributed by atoms with Gasteiger partial charge in [-0.05, 0) is 12.5 Å². The van der Waals surface area contributed by atoms with Gasteiger partial charge in [-0.25, -0.2) is 0 Å². The van der Waals surface area contributed by atoms with E-state index in [-0.39, 0.29) is 26.2 Å². The molecule has 7 heteroatoms. The fraction of sp³-hybridized carbons (Fsp3) is 0.529. The van der Waals surface area contributed by atoms with Crippen molar-refractivity contribution in [1.82, 2.24) is 4.90 Å². The van der Waals surface area contributed by atoms with Crippen LogP contribution in [0.25, 0.3) is 0 Å². The van der Waals surface area contributed by atoms with Gasteiger partial charge in [-0.3, -0.25) is 4.79 Å². The maximum atomic E-state index is 13.0. The molecule has 1 saturated heterocycles. The van der Waals surface area contributed by atoms with Crippen LogP contribution in [0.4, 0.5) is 8.78 Å². The number of benzene rings is 1. The van der Waals surface area contributed by atoms with Gasteiger partial charge in [0.25, 0.3) is 5.91 Å². The van der Waals surface area contributed by atoms with Gasteiger partial charge in [0, 0.05) is 19.9 Å². The van der Waals surface area contributed by atoms with Crippen LogP contribution in [0.2, 0.25) is 0 Å². The summed E-state index contributed by atoms with van der Waals surface area (Å²) in [5.74, 6) is -0.405. The molecule has 1 fully saturated rings. The lowest BCUT2D eigenvalue weighted by Crippen LogP contribution is -2.60. The summed E-state index contributed by atoms with van der Waals surface area (Å²) >= 11 is 0. The molecule has 1 heterocycles. The zero-order chi connectivity index (χ0) is 17.8. The third-order valence-electron chi connectivity index (χ3n) is 3.95. The first-order valence-electron chi connectivity index (χ1n) is 7.69. The second kappa shape index (κ2) is 7.36. The lowest BCUT2D eigenvalue weighted by Gasteiger charge is -2.44. The summed E-state index contributed by atoms with van der Waals surface area (Å²) in [5.41, 5.74) is -0.420. The van der Waals surface area contributed by atoms with E-state index in [0.29, 0.717) is 13.2 Å². The Hall–Kier alpha value is -1.86. The van der Waals surface area contributed by atoms with Crippen molar-refractivity contribution in [3.05, 3.63) is 35.9 Å². The van der Waals surface area contributed by atoms with Gasteiger partial charge in [0.15, 0.2) is 5.60 Å². The van der Waals surface area contributed by atoms with Crippen LogP contribution in [-0.2, 0) is 25.6 Å². The number of hydrogen-bond donors (Lipinski definition) is 0. The van der Waals surface area contributed by atoms with Crippen molar-refractivity contribution in [1.29, 1.82) is 0 Å². The second-order valence-electron chi connectivity index (χ2n) is 6.10. The summed E-state index contributed by atoms with van der Waals surface area (Å²) in [7, 11) is 0. The molecule has 0 radical (unpaired) electrons. The molecule has 5 nitrogen and oxygen atoms in total. The first-order valence-corrected chi connectivity index (χ1v) is 7.69. The Balaban J connectivity index is 2.20. The van der Waals surface area contributed by atoms with Crippen molar-refractivity contribution in [3.63, 3.8) is 0 Å². The Morgan fingerprint density at radius 2 is 2.08 bits per heavy atom. The summed E-state index contributed by atoms with van der Waals surface area (Å²) in [6.07, 6.45) is -2.75. The largest absolute Gasteiger partial charge is 0.363 e. The Morgan fingerprint density at radius 1 is 1.42 bits per heavy atom. The molecule has 0 saturated carbocycles. The maximum Gasteiger partial charge on any atom is 0.352 e. The van der Waals surface area contributed by atoms with E-state index in [2.05, 4.69) is 4.74 Å². The molecule has 1 aliphatic rings. The van der Waals surface area contributed by atoms with Crippen molar-refractivity contribution in [2.45, 2.75) is 44.6 Å². The molecule has 0 aromatic heterocycles. The third-order valence-corrected chi connectivity index (χ3v) is 3.95. The van der Waals surface area contributed by atoms with E-state index in [9.17, 15) is 18.4 Å². The number of rotatable bonds is 7. The number of nitrogens with zero attached hydrogens (tertiary/aromatic N) is 1. The van der Waals surface area contributed by atoms with Crippen molar-refractivity contribution in [2.75, 3.05) is 13.2 Å². The van der Waals surface area contributed by atoms with E-state index in [1.165, 1.54) is 11.8 Å². The monoisotopic (exact) mass is 341 g/mol. The molecule has 24 heavy (non-hydrogen) atoms. The Bertz CT molecular complexity index is 576. The van der Waals surface area contributed by atoms with Gasteiger partial charge in [0.05, 0.1) is 19.3 Å². The van der Waals surface area contributed by atoms with Crippen LogP contribution in [-0.4, -0.2) is 48.1 Å². The average Bonchev–Trinajstić information content (AvgIpc) is 2.52. The highest BCUT2D eigenvalue weighted by atomic mass is 19.3. The minimum Gasteiger partial charge on any atom is -0.363 e. The van der Waals surface area contributed by atoms with Gasteiger partial charge in [-0.15, -0.1) is 0 Å². The number of hydrogen-bond acceptors (Lipinski definition) is 4. The molecular formula is C17H21F2NO4. The van der Waals surface area contributed by atoms with Crippen LogP contribution in [0.1, 0.15) is 25.8 Å². The number of alkyl halides is 2. The predicted octanol–water partition coefficient (Wildman–Crippen LogP) is 2.39. The number of amides is 1. The molecule has 1 aliphatic heterocycles. The Morgan fingerprint density at radius 3 is 2.67 bits per heavy atom. The van der Waals surface area contributed by atoms with Crippen molar-refractivity contribution in [2.24, 2.45) is 0 Å². The number of aldehydes is 1. The van der Waals surface area contributed by atoms with Crippen molar-refractivity contribution in [3.8, 4) is 0 Å². The van der Waals surface area contributed by atoms with Crippen LogP contribution in [0.3, 0.4) is 0 Å². The topological polar surface area (TPSA) is 55.8 Å². The van der Waals surface area contributed by atoms with E-state index in [0.717, 1.165) is 5.56 Å². The first kappa shape index (κ1) is 18.5. The standard InChI is InChI=1S/C17H21F2NO4/c1-16(8-9-21)15(22)20(10-13-6-4-3-5-7-13)14(11-23-16)12-24-17(2,18)19/h3-7,9,14H,8,10-12H2,1-2H3. The van der Waals surface area contributed by atoms with Crippen molar-refractivity contribution < 1.29 is 27.8 Å². The highest BCUT2D eigenvalue weighted by Gasteiger charge is 2.45. The number of carbonyl (C=O) groups is 2. The molecule has 2 atom stereocenters. The molecule has 2 unspecified atom stereocenters. The van der Waals surface area contributed by atoms with Crippen LogP contribution in [0.5, 0.6) is 0 Å². The molecule has 1 amide bonds. The highest BCUT2D eigenvalue weighted by Crippen LogP contribution is 2.28. The number of carbonyl (C=O) groups excluding carboxylic acids is 2. The molecular weight excluding hydrogens is 320 g/mol. The van der Waals surface area contributed by atoms with Crippen LogP contribution < -0.4 is 0 Å². The van der Waals surface area contributed by atoms with Gasteiger partial charge >= 0.3 is 6.11 Å². The second-order valence-corrected chi connectivity index (χ2v) is 6.10. The Labute approximate surface area is 139 Å². The van der Waals surface area contributed by atoms with Gasteiger partial charge in [-0.1, -0.05) is 30.3 Å². The van der Waals surface area contributed by atoms with E-state index in [1.54, 1.807) is 0 Å². The lowest BCUT2D eigenvalue weighted by atomic mass is 9.96. The van der Waals surface area contributed by atoms with E-state index in [1.807, 2.05) is 30.3 Å². The Kier molecular flexibility index (Phi) is 5.66. The number of ether oxygens (including phenoxy) is 2. The summed E-state index contributed by atoms with van der Waals surface area (Å²) in [4.78, 5) is 25.1. The van der Waals surface area contributed by atoms with Crippen LogP contribution in [0, 0.1) is 0 Å². The zero-order valence-electron chi connectivity index (χ0n) is 13.7. The predicted molar refractivity (Wildman–Crippen MR) is 82.4 cm³/mol. The maximum absolute atomic E-state index is 13.0. The average molecular weight is 341 g/mol. The summed E-state index contributed by atoms with van der Waals surface area (Å²) in [5, 5.41) is 0. The minimum atomic E-state index is -3.29. The molecule has 132 valence electrons. The summed E-state index contributed by atoms with van der Waals surface area (Å²) in [6, 6.07) is 8.54. The first-order chi connectivity index (χ1) is 11.2. The number of morpholine rings is 1. The van der Waals surface area contributed by atoms with Gasteiger partial charge in [0.1, 0.15) is 6.29 Å².